The van der Waals surface area contributed by atoms with Crippen molar-refractivity contribution in [2.45, 2.75) is 0 Å². The number of benzene rings is 3. The molecule has 0 aliphatic rings. The molecule has 6 heteroatoms. The molecule has 0 amide bonds. The maximum atomic E-state index is 13.1. The summed E-state index contributed by atoms with van der Waals surface area (Å²) >= 11 is 0. The zero-order chi connectivity index (χ0) is 18.8. The number of halogens is 1. The fraction of sp³-hybridized carbons (Fsp3) is 0. The minimum atomic E-state index is -0.693. The first-order valence-corrected chi connectivity index (χ1v) is 8.17. The molecule has 4 rings (SSSR count). The fourth-order valence-electron chi connectivity index (χ4n) is 2.68. The lowest BCUT2D eigenvalue weighted by Crippen LogP contribution is -2.24. The lowest BCUT2D eigenvalue weighted by atomic mass is 10.1. The van der Waals surface area contributed by atoms with Gasteiger partial charge in [-0.3, -0.25) is 4.79 Å². The van der Waals surface area contributed by atoms with E-state index in [1.807, 2.05) is 30.3 Å². The Hall–Kier alpha value is -3.80. The molecule has 1 heterocycles. The van der Waals surface area contributed by atoms with Crippen molar-refractivity contribution in [1.82, 2.24) is 9.78 Å². The Labute approximate surface area is 153 Å². The third kappa shape index (κ3) is 3.46. The summed E-state index contributed by atoms with van der Waals surface area (Å²) in [5.74, 6) is -0.750. The molecule has 0 aliphatic heterocycles. The smallest absolute Gasteiger partial charge is 0.364 e. The average Bonchev–Trinajstić information content (AvgIpc) is 2.69. The number of hydrogen-bond donors (Lipinski definition) is 0. The summed E-state index contributed by atoms with van der Waals surface area (Å²) in [5.41, 5.74) is -0.127. The molecule has 0 unspecified atom stereocenters. The molecule has 27 heavy (non-hydrogen) atoms. The van der Waals surface area contributed by atoms with Crippen LogP contribution in [0.1, 0.15) is 10.5 Å². The second-order valence-corrected chi connectivity index (χ2v) is 5.84. The molecule has 0 atom stereocenters. The number of carbonyl (C=O) groups is 1. The van der Waals surface area contributed by atoms with Gasteiger partial charge in [0.05, 0.1) is 5.69 Å². The number of nitrogens with zero attached hydrogens (tertiary/aromatic N) is 2. The van der Waals surface area contributed by atoms with Gasteiger partial charge in [0.25, 0.3) is 5.56 Å². The van der Waals surface area contributed by atoms with Crippen LogP contribution in [0, 0.1) is 5.82 Å². The quantitative estimate of drug-likeness (QED) is 0.412. The van der Waals surface area contributed by atoms with Crippen molar-refractivity contribution in [3.63, 3.8) is 0 Å². The third-order valence-electron chi connectivity index (χ3n) is 4.01. The Morgan fingerprint density at radius 3 is 2.41 bits per heavy atom. The predicted octanol–water partition coefficient (Wildman–Crippen LogP) is 3.74. The molecule has 5 nitrogen and oxygen atoms in total. The second kappa shape index (κ2) is 6.84. The van der Waals surface area contributed by atoms with E-state index in [0.29, 0.717) is 11.4 Å². The predicted molar refractivity (Wildman–Crippen MR) is 98.7 cm³/mol. The van der Waals surface area contributed by atoms with Crippen molar-refractivity contribution < 1.29 is 13.9 Å². The van der Waals surface area contributed by atoms with Crippen LogP contribution < -0.4 is 10.3 Å². The van der Waals surface area contributed by atoms with E-state index in [-0.39, 0.29) is 5.69 Å². The highest BCUT2D eigenvalue weighted by Crippen LogP contribution is 2.21. The van der Waals surface area contributed by atoms with E-state index in [2.05, 4.69) is 5.10 Å². The van der Waals surface area contributed by atoms with E-state index in [1.54, 1.807) is 12.1 Å². The van der Waals surface area contributed by atoms with Gasteiger partial charge in [0.15, 0.2) is 5.69 Å². The summed E-state index contributed by atoms with van der Waals surface area (Å²) in [6, 6.07) is 20.7. The lowest BCUT2D eigenvalue weighted by Gasteiger charge is -2.08. The van der Waals surface area contributed by atoms with Gasteiger partial charge in [0.1, 0.15) is 11.6 Å². The fourth-order valence-corrected chi connectivity index (χ4v) is 2.68. The number of esters is 1. The molecule has 0 bridgehead atoms. The zero-order valence-electron chi connectivity index (χ0n) is 14.0. The third-order valence-corrected chi connectivity index (χ3v) is 4.01. The van der Waals surface area contributed by atoms with Gasteiger partial charge >= 0.3 is 5.97 Å². The minimum absolute atomic E-state index is 0.0351. The highest BCUT2D eigenvalue weighted by Gasteiger charge is 2.13. The molecule has 4 aromatic rings. The zero-order valence-corrected chi connectivity index (χ0v) is 14.0. The summed E-state index contributed by atoms with van der Waals surface area (Å²) in [7, 11) is 0. The molecule has 0 fully saturated rings. The van der Waals surface area contributed by atoms with Gasteiger partial charge in [-0.1, -0.05) is 30.3 Å². The Balaban J connectivity index is 1.64. The molecule has 0 N–H and O–H groups in total. The topological polar surface area (TPSA) is 61.2 Å². The number of ether oxygens (including phenoxy) is 1. The lowest BCUT2D eigenvalue weighted by molar-refractivity contribution is 0.0726. The molecule has 0 saturated heterocycles. The normalized spacial score (nSPS) is 10.7. The molecular weight excluding hydrogens is 347 g/mol. The van der Waals surface area contributed by atoms with E-state index in [0.717, 1.165) is 15.5 Å². The van der Waals surface area contributed by atoms with Gasteiger partial charge in [-0.05, 0) is 53.2 Å². The first-order chi connectivity index (χ1) is 13.1. The van der Waals surface area contributed by atoms with Crippen LogP contribution in [-0.4, -0.2) is 15.7 Å². The summed E-state index contributed by atoms with van der Waals surface area (Å²) < 4.78 is 19.5. The molecule has 0 spiro atoms. The van der Waals surface area contributed by atoms with E-state index in [4.69, 9.17) is 4.74 Å². The number of fused-ring (bicyclic) bond motifs is 1. The Bertz CT molecular complexity index is 1200. The first-order valence-electron chi connectivity index (χ1n) is 8.17. The van der Waals surface area contributed by atoms with E-state index in [1.165, 1.54) is 36.4 Å². The number of hydrogen-bond acceptors (Lipinski definition) is 4. The van der Waals surface area contributed by atoms with Gasteiger partial charge < -0.3 is 4.74 Å². The van der Waals surface area contributed by atoms with Gasteiger partial charge in [0.2, 0.25) is 0 Å². The van der Waals surface area contributed by atoms with Crippen LogP contribution in [0.2, 0.25) is 0 Å². The molecular formula is C21H13FN2O3. The van der Waals surface area contributed by atoms with Crippen LogP contribution in [0.3, 0.4) is 0 Å². The monoisotopic (exact) mass is 360 g/mol. The van der Waals surface area contributed by atoms with E-state index < -0.39 is 17.3 Å². The molecule has 0 saturated carbocycles. The van der Waals surface area contributed by atoms with Crippen LogP contribution in [0.4, 0.5) is 4.39 Å². The Kier molecular flexibility index (Phi) is 4.22. The minimum Gasteiger partial charge on any atom is -0.422 e. The van der Waals surface area contributed by atoms with E-state index >= 15 is 0 Å². The highest BCUT2D eigenvalue weighted by atomic mass is 19.1. The van der Waals surface area contributed by atoms with Crippen LogP contribution in [-0.2, 0) is 0 Å². The summed E-state index contributed by atoms with van der Waals surface area (Å²) in [6.45, 7) is 0. The number of aromatic nitrogens is 2. The van der Waals surface area contributed by atoms with Crippen molar-refractivity contribution in [2.24, 2.45) is 0 Å². The van der Waals surface area contributed by atoms with E-state index in [9.17, 15) is 14.0 Å². The number of rotatable bonds is 3. The average molecular weight is 360 g/mol. The number of carbonyl (C=O) groups excluding carboxylic acids is 1. The summed E-state index contributed by atoms with van der Waals surface area (Å²) in [6.07, 6.45) is 0. The summed E-state index contributed by atoms with van der Waals surface area (Å²) in [5, 5.41) is 6.00. The van der Waals surface area contributed by atoms with Crippen molar-refractivity contribution in [2.75, 3.05) is 0 Å². The molecule has 132 valence electrons. The SMILES string of the molecule is O=C(Oc1ccc2ccccc2c1)c1ccc(=O)n(-c2ccc(F)cc2)n1. The van der Waals surface area contributed by atoms with Crippen LogP contribution in [0.25, 0.3) is 16.5 Å². The molecule has 1 aromatic heterocycles. The van der Waals surface area contributed by atoms with Crippen molar-refractivity contribution in [1.29, 1.82) is 0 Å². The van der Waals surface area contributed by atoms with Crippen LogP contribution in [0.15, 0.2) is 83.7 Å². The van der Waals surface area contributed by atoms with Crippen molar-refractivity contribution in [3.8, 4) is 11.4 Å². The summed E-state index contributed by atoms with van der Waals surface area (Å²) in [4.78, 5) is 24.5. The van der Waals surface area contributed by atoms with Gasteiger partial charge in [-0.15, -0.1) is 0 Å². The highest BCUT2D eigenvalue weighted by molar-refractivity contribution is 5.90. The van der Waals surface area contributed by atoms with Crippen molar-refractivity contribution >= 4 is 16.7 Å². The van der Waals surface area contributed by atoms with Crippen LogP contribution >= 0.6 is 0 Å². The maximum Gasteiger partial charge on any atom is 0.364 e. The standard InChI is InChI=1S/C21H13FN2O3/c22-16-6-8-17(9-7-16)24-20(25)12-11-19(23-24)21(26)27-18-10-5-14-3-1-2-4-15(14)13-18/h1-13H. The van der Waals surface area contributed by atoms with Crippen molar-refractivity contribution in [3.05, 3.63) is 101 Å². The van der Waals surface area contributed by atoms with Gasteiger partial charge in [0, 0.05) is 6.07 Å². The molecule has 0 radical (unpaired) electrons. The maximum absolute atomic E-state index is 13.1. The largest absolute Gasteiger partial charge is 0.422 e. The van der Waals surface area contributed by atoms with Gasteiger partial charge in [-0.2, -0.15) is 9.78 Å². The van der Waals surface area contributed by atoms with Gasteiger partial charge in [-0.25, -0.2) is 9.18 Å². The first kappa shape index (κ1) is 16.7. The van der Waals surface area contributed by atoms with Crippen LogP contribution in [0.5, 0.6) is 5.75 Å². The molecule has 3 aromatic carbocycles. The molecule has 0 aliphatic carbocycles. The second-order valence-electron chi connectivity index (χ2n) is 5.84. The Morgan fingerprint density at radius 2 is 1.63 bits per heavy atom. The Morgan fingerprint density at radius 1 is 0.889 bits per heavy atom.